The second-order valence-electron chi connectivity index (χ2n) is 4.43. The lowest BCUT2D eigenvalue weighted by Crippen LogP contribution is -2.19. The number of nitro benzene ring substituents is 1. The Kier molecular flexibility index (Phi) is 4.38. The summed E-state index contributed by atoms with van der Waals surface area (Å²) in [6.45, 7) is 0.357. The van der Waals surface area contributed by atoms with Crippen molar-refractivity contribution in [1.29, 1.82) is 0 Å². The average molecular weight is 284 g/mol. The van der Waals surface area contributed by atoms with Gasteiger partial charge in [-0.1, -0.05) is 12.1 Å². The highest BCUT2D eigenvalue weighted by Gasteiger charge is 2.23. The largest absolute Gasteiger partial charge is 0.361 e. The van der Waals surface area contributed by atoms with Gasteiger partial charge < -0.3 is 10.1 Å². The molecule has 1 aromatic heterocycles. The van der Waals surface area contributed by atoms with Crippen molar-refractivity contribution in [2.24, 2.45) is 0 Å². The first-order valence-corrected chi connectivity index (χ1v) is 6.18. The minimum absolute atomic E-state index is 0.0401. The molecule has 21 heavy (non-hydrogen) atoms. The van der Waals surface area contributed by atoms with Crippen molar-refractivity contribution in [3.05, 3.63) is 70.0 Å². The van der Waals surface area contributed by atoms with E-state index >= 15 is 0 Å². The predicted octanol–water partition coefficient (Wildman–Crippen LogP) is 2.05. The third kappa shape index (κ3) is 3.49. The molecule has 0 saturated heterocycles. The fourth-order valence-corrected chi connectivity index (χ4v) is 2.04. The van der Waals surface area contributed by atoms with Crippen LogP contribution >= 0.6 is 0 Å². The fourth-order valence-electron chi connectivity index (χ4n) is 2.04. The van der Waals surface area contributed by atoms with E-state index in [1.807, 2.05) is 29.1 Å². The number of nitrogens with zero attached hydrogens (tertiary/aromatic N) is 4. The first kappa shape index (κ1) is 14.4. The molecule has 7 heteroatoms. The monoisotopic (exact) mass is 284 g/mol. The van der Waals surface area contributed by atoms with Gasteiger partial charge in [-0.05, 0) is 17.7 Å². The average Bonchev–Trinajstić information content (AvgIpc) is 2.98. The Morgan fingerprint density at radius 2 is 1.95 bits per heavy atom. The van der Waals surface area contributed by atoms with Gasteiger partial charge in [0.15, 0.2) is 0 Å². The molecule has 1 unspecified atom stereocenters. The van der Waals surface area contributed by atoms with Gasteiger partial charge in [0.25, 0.3) is 5.69 Å². The molecule has 0 radical (unpaired) electrons. The van der Waals surface area contributed by atoms with Crippen LogP contribution in [0.15, 0.2) is 48.8 Å². The van der Waals surface area contributed by atoms with Crippen LogP contribution in [0.25, 0.3) is 5.53 Å². The molecule has 1 heterocycles. The number of non-ortho nitro benzene ring substituents is 1. The van der Waals surface area contributed by atoms with Gasteiger partial charge in [-0.25, -0.2) is 0 Å². The van der Waals surface area contributed by atoms with E-state index in [-0.39, 0.29) is 11.5 Å². The molecule has 0 spiro atoms. The summed E-state index contributed by atoms with van der Waals surface area (Å²) in [6.07, 6.45) is 4.46. The van der Waals surface area contributed by atoms with Crippen LogP contribution in [0, 0.1) is 10.1 Å². The fraction of sp³-hybridized carbons (Fsp3) is 0.143. The molecule has 1 atom stereocenters. The summed E-state index contributed by atoms with van der Waals surface area (Å²) in [6, 6.07) is 9.43. The van der Waals surface area contributed by atoms with Crippen LogP contribution in [0.1, 0.15) is 11.5 Å². The second kappa shape index (κ2) is 6.40. The Morgan fingerprint density at radius 1 is 1.33 bits per heavy atom. The minimum Gasteiger partial charge on any atom is -0.361 e. The van der Waals surface area contributed by atoms with Gasteiger partial charge in [0, 0.05) is 31.1 Å². The summed E-state index contributed by atoms with van der Waals surface area (Å²) in [5, 5.41) is 10.7. The molecule has 0 N–H and O–H groups in total. The molecular weight excluding hydrogens is 272 g/mol. The molecule has 1 aromatic carbocycles. The van der Waals surface area contributed by atoms with Gasteiger partial charge in [0.1, 0.15) is 0 Å². The maximum Gasteiger partial charge on any atom is 0.323 e. The van der Waals surface area contributed by atoms with E-state index in [4.69, 9.17) is 5.53 Å². The number of ketones is 1. The quantitative estimate of drug-likeness (QED) is 0.266. The van der Waals surface area contributed by atoms with Crippen LogP contribution < -0.4 is 0 Å². The molecule has 2 rings (SSSR count). The van der Waals surface area contributed by atoms with Crippen LogP contribution in [-0.4, -0.2) is 26.3 Å². The molecule has 0 bridgehead atoms. The van der Waals surface area contributed by atoms with Crippen molar-refractivity contribution in [2.45, 2.75) is 12.5 Å². The van der Waals surface area contributed by atoms with Gasteiger partial charge in [0.05, 0.1) is 10.8 Å². The molecule has 0 amide bonds. The Morgan fingerprint density at radius 3 is 2.48 bits per heavy atom. The zero-order chi connectivity index (χ0) is 15.2. The Labute approximate surface area is 120 Å². The van der Waals surface area contributed by atoms with Crippen molar-refractivity contribution in [3.8, 4) is 0 Å². The highest BCUT2D eigenvalue weighted by atomic mass is 16.6. The van der Waals surface area contributed by atoms with E-state index in [1.54, 1.807) is 0 Å². The normalized spacial score (nSPS) is 11.4. The smallest absolute Gasteiger partial charge is 0.323 e. The highest BCUT2D eigenvalue weighted by Crippen LogP contribution is 2.22. The summed E-state index contributed by atoms with van der Waals surface area (Å²) in [7, 11) is 0. The van der Waals surface area contributed by atoms with Crippen molar-refractivity contribution in [2.75, 3.05) is 0 Å². The molecule has 0 aliphatic heterocycles. The molecule has 7 nitrogen and oxygen atoms in total. The number of carbonyl (C=O) groups is 1. The summed E-state index contributed by atoms with van der Waals surface area (Å²) in [4.78, 5) is 25.0. The molecule has 0 saturated carbocycles. The number of Topliss-reactive ketones (excluding diaryl/α,β-unsaturated/α-hetero) is 1. The molecule has 0 fully saturated rings. The first-order chi connectivity index (χ1) is 10.1. The molecule has 0 aliphatic rings. The highest BCUT2D eigenvalue weighted by molar-refractivity contribution is 6.27. The van der Waals surface area contributed by atoms with Gasteiger partial charge in [0.2, 0.25) is 5.78 Å². The molecular formula is C14H12N4O3. The van der Waals surface area contributed by atoms with Crippen molar-refractivity contribution in [1.82, 2.24) is 4.57 Å². The number of aromatic nitrogens is 1. The predicted molar refractivity (Wildman–Crippen MR) is 75.0 cm³/mol. The number of rotatable bonds is 6. The molecule has 0 aliphatic carbocycles. The number of carbonyl (C=O) groups excluding carboxylic acids is 1. The Balaban J connectivity index is 2.31. The van der Waals surface area contributed by atoms with Crippen molar-refractivity contribution >= 4 is 17.7 Å². The van der Waals surface area contributed by atoms with Crippen LogP contribution in [0.4, 0.5) is 5.69 Å². The number of hydrogen-bond donors (Lipinski definition) is 0. The van der Waals surface area contributed by atoms with Crippen molar-refractivity contribution < 1.29 is 14.5 Å². The Bertz CT molecular complexity index is 686. The van der Waals surface area contributed by atoms with E-state index in [2.05, 4.69) is 4.79 Å². The Hall–Kier alpha value is -3.05. The lowest BCUT2D eigenvalue weighted by atomic mass is 9.94. The number of nitro groups is 1. The first-order valence-electron chi connectivity index (χ1n) is 6.18. The van der Waals surface area contributed by atoms with Crippen LogP contribution in [0.2, 0.25) is 0 Å². The van der Waals surface area contributed by atoms with Gasteiger partial charge in [-0.2, -0.15) is 4.79 Å². The minimum atomic E-state index is -0.575. The van der Waals surface area contributed by atoms with E-state index in [9.17, 15) is 14.9 Å². The summed E-state index contributed by atoms with van der Waals surface area (Å²) < 4.78 is 1.81. The molecule has 2 aromatic rings. The third-order valence-corrected chi connectivity index (χ3v) is 3.09. The number of hydrogen-bond acceptors (Lipinski definition) is 3. The molecule has 106 valence electrons. The SMILES string of the molecule is [N-]=[N+]=CC(=O)C(Cn1cccc1)c1ccc([N+](=O)[O-])cc1. The van der Waals surface area contributed by atoms with E-state index in [0.717, 1.165) is 6.21 Å². The lowest BCUT2D eigenvalue weighted by molar-refractivity contribution is -0.384. The van der Waals surface area contributed by atoms with E-state index in [0.29, 0.717) is 12.1 Å². The van der Waals surface area contributed by atoms with Gasteiger partial charge >= 0.3 is 6.21 Å². The lowest BCUT2D eigenvalue weighted by Gasteiger charge is -2.13. The van der Waals surface area contributed by atoms with Crippen molar-refractivity contribution in [3.63, 3.8) is 0 Å². The zero-order valence-corrected chi connectivity index (χ0v) is 11.0. The second-order valence-corrected chi connectivity index (χ2v) is 4.43. The summed E-state index contributed by atoms with van der Waals surface area (Å²) in [5.74, 6) is -0.950. The van der Waals surface area contributed by atoms with Gasteiger partial charge in [-0.15, -0.1) is 0 Å². The standard InChI is InChI=1S/C14H12N4O3/c15-16-9-14(19)13(10-17-7-1-2-8-17)11-3-5-12(6-4-11)18(20)21/h1-9,13H,10H2. The zero-order valence-electron chi connectivity index (χ0n) is 11.0. The van der Waals surface area contributed by atoms with Crippen LogP contribution in [0.5, 0.6) is 0 Å². The van der Waals surface area contributed by atoms with E-state index < -0.39 is 10.8 Å². The maximum absolute atomic E-state index is 12.0. The topological polar surface area (TPSA) is 102 Å². The summed E-state index contributed by atoms with van der Waals surface area (Å²) >= 11 is 0. The van der Waals surface area contributed by atoms with Crippen LogP contribution in [-0.2, 0) is 11.3 Å². The summed E-state index contributed by atoms with van der Waals surface area (Å²) in [5.41, 5.74) is 9.11. The van der Waals surface area contributed by atoms with E-state index in [1.165, 1.54) is 24.3 Å². The maximum atomic E-state index is 12.0. The third-order valence-electron chi connectivity index (χ3n) is 3.09. The number of benzene rings is 1. The van der Waals surface area contributed by atoms with Crippen LogP contribution in [0.3, 0.4) is 0 Å². The van der Waals surface area contributed by atoms with Gasteiger partial charge in [-0.3, -0.25) is 14.9 Å².